The number of phenolic OH excluding ortho intramolecular Hbond substituents is 1. The molecule has 2 heterocycles. The van der Waals surface area contributed by atoms with Gasteiger partial charge >= 0.3 is 12.1 Å². The van der Waals surface area contributed by atoms with Crippen molar-refractivity contribution in [3.63, 3.8) is 0 Å². The molecule has 5 N–H and O–H groups in total. The molecule has 1 aromatic heterocycles. The first-order valence-electron chi connectivity index (χ1n) is 8.75. The highest BCUT2D eigenvalue weighted by atomic mass is 19.4. The number of alkyl halides is 3. The van der Waals surface area contributed by atoms with Crippen LogP contribution in [0.15, 0.2) is 24.3 Å². The molecule has 1 aliphatic rings. The third-order valence-corrected chi connectivity index (χ3v) is 4.43. The normalized spacial score (nSPS) is 16.2. The van der Waals surface area contributed by atoms with E-state index in [1.807, 2.05) is 0 Å². The van der Waals surface area contributed by atoms with Crippen molar-refractivity contribution in [2.24, 2.45) is 0 Å². The predicted octanol–water partition coefficient (Wildman–Crippen LogP) is 3.15. The molecule has 0 amide bonds. The lowest BCUT2D eigenvalue weighted by atomic mass is 9.88. The maximum Gasteiger partial charge on any atom is 0.490 e. The number of aromatic nitrogens is 1. The van der Waals surface area contributed by atoms with Crippen LogP contribution < -0.4 is 11.1 Å². The minimum absolute atomic E-state index is 0.106. The number of nitrogen functional groups attached to an aromatic ring is 1. The molecule has 1 saturated heterocycles. The number of aromatic hydroxyl groups is 1. The lowest BCUT2D eigenvalue weighted by Gasteiger charge is -2.24. The lowest BCUT2D eigenvalue weighted by Crippen LogP contribution is -2.29. The molecular formula is C19H18F4N4O3. The number of nitriles is 1. The molecule has 2 aromatic rings. The number of nitrogens with one attached hydrogen (secondary N) is 1. The smallest absolute Gasteiger partial charge is 0.490 e. The first-order chi connectivity index (χ1) is 14.1. The van der Waals surface area contributed by atoms with Crippen LogP contribution in [0.5, 0.6) is 5.75 Å². The lowest BCUT2D eigenvalue weighted by molar-refractivity contribution is -0.192. The Morgan fingerprint density at radius 3 is 2.57 bits per heavy atom. The zero-order valence-corrected chi connectivity index (χ0v) is 15.5. The molecule has 1 aliphatic heterocycles. The molecule has 0 radical (unpaired) electrons. The Labute approximate surface area is 168 Å². The minimum atomic E-state index is -5.08. The fraction of sp³-hybridized carbons (Fsp3) is 0.316. The number of benzene rings is 1. The van der Waals surface area contributed by atoms with Gasteiger partial charge in [0.05, 0.1) is 11.3 Å². The average molecular weight is 426 g/mol. The van der Waals surface area contributed by atoms with E-state index < -0.39 is 23.7 Å². The number of carboxylic acid groups (broad SMARTS) is 1. The van der Waals surface area contributed by atoms with Crippen molar-refractivity contribution in [3.05, 3.63) is 41.2 Å². The number of rotatable bonds is 2. The van der Waals surface area contributed by atoms with Crippen molar-refractivity contribution in [1.29, 1.82) is 5.26 Å². The van der Waals surface area contributed by atoms with Crippen LogP contribution in [0.3, 0.4) is 0 Å². The highest BCUT2D eigenvalue weighted by molar-refractivity contribution is 5.73. The quantitative estimate of drug-likeness (QED) is 0.542. The maximum atomic E-state index is 13.6. The van der Waals surface area contributed by atoms with Crippen LogP contribution in [-0.4, -0.2) is 40.4 Å². The van der Waals surface area contributed by atoms with E-state index in [4.69, 9.17) is 15.6 Å². The summed E-state index contributed by atoms with van der Waals surface area (Å²) in [6.45, 7) is 1.71. The summed E-state index contributed by atoms with van der Waals surface area (Å²) in [4.78, 5) is 13.1. The largest absolute Gasteiger partial charge is 0.504 e. The summed E-state index contributed by atoms with van der Waals surface area (Å²) >= 11 is 0. The van der Waals surface area contributed by atoms with Gasteiger partial charge in [0.1, 0.15) is 11.9 Å². The first-order valence-corrected chi connectivity index (χ1v) is 8.75. The molecule has 1 fully saturated rings. The second-order valence-corrected chi connectivity index (χ2v) is 6.45. The number of aliphatic carboxylic acids is 1. The number of pyridine rings is 1. The Morgan fingerprint density at radius 1 is 1.37 bits per heavy atom. The Morgan fingerprint density at radius 2 is 2.03 bits per heavy atom. The number of para-hydroxylation sites is 1. The fourth-order valence-corrected chi connectivity index (χ4v) is 3.01. The Balaban J connectivity index is 0.000000396. The second kappa shape index (κ2) is 9.41. The number of carboxylic acids is 1. The summed E-state index contributed by atoms with van der Waals surface area (Å²) in [5.74, 6) is -3.68. The van der Waals surface area contributed by atoms with Gasteiger partial charge < -0.3 is 21.3 Å². The van der Waals surface area contributed by atoms with E-state index >= 15 is 0 Å². The van der Waals surface area contributed by atoms with Crippen molar-refractivity contribution in [3.8, 4) is 23.1 Å². The zero-order valence-electron chi connectivity index (χ0n) is 15.5. The van der Waals surface area contributed by atoms with E-state index in [9.17, 15) is 27.9 Å². The van der Waals surface area contributed by atoms with Gasteiger partial charge in [0.2, 0.25) is 0 Å². The number of halogens is 4. The minimum Gasteiger partial charge on any atom is -0.504 e. The molecule has 0 aliphatic carbocycles. The predicted molar refractivity (Wildman–Crippen MR) is 99.0 cm³/mol. The van der Waals surface area contributed by atoms with Crippen molar-refractivity contribution in [2.75, 3.05) is 18.8 Å². The molecule has 11 heteroatoms. The van der Waals surface area contributed by atoms with Crippen molar-refractivity contribution in [2.45, 2.75) is 24.9 Å². The van der Waals surface area contributed by atoms with E-state index in [0.717, 1.165) is 31.5 Å². The highest BCUT2D eigenvalue weighted by Gasteiger charge is 2.38. The molecule has 7 nitrogen and oxygen atoms in total. The van der Waals surface area contributed by atoms with Gasteiger partial charge in [-0.05, 0) is 49.1 Å². The van der Waals surface area contributed by atoms with E-state index in [1.165, 1.54) is 12.1 Å². The number of hydrogen-bond donors (Lipinski definition) is 4. The van der Waals surface area contributed by atoms with Gasteiger partial charge in [-0.1, -0.05) is 6.07 Å². The highest BCUT2D eigenvalue weighted by Crippen LogP contribution is 2.35. The Kier molecular flexibility index (Phi) is 7.18. The molecule has 1 aromatic carbocycles. The zero-order chi connectivity index (χ0) is 22.5. The fourth-order valence-electron chi connectivity index (χ4n) is 3.01. The SMILES string of the molecule is N#Cc1c(C2CCCNC2)cc(-c2cccc(F)c2O)nc1N.O=C(O)C(F)(F)F. The number of piperidine rings is 1. The van der Waals surface area contributed by atoms with Crippen LogP contribution in [0.1, 0.15) is 29.9 Å². The van der Waals surface area contributed by atoms with Crippen LogP contribution in [0.25, 0.3) is 11.3 Å². The van der Waals surface area contributed by atoms with Gasteiger partial charge in [0.15, 0.2) is 11.6 Å². The molecule has 1 atom stereocenters. The summed E-state index contributed by atoms with van der Waals surface area (Å²) in [6, 6.07) is 8.11. The van der Waals surface area contributed by atoms with Gasteiger partial charge in [-0.3, -0.25) is 0 Å². The van der Waals surface area contributed by atoms with Crippen LogP contribution in [0.2, 0.25) is 0 Å². The molecule has 1 unspecified atom stereocenters. The summed E-state index contributed by atoms with van der Waals surface area (Å²) in [7, 11) is 0. The summed E-state index contributed by atoms with van der Waals surface area (Å²) in [5, 5.41) is 29.8. The summed E-state index contributed by atoms with van der Waals surface area (Å²) < 4.78 is 45.3. The number of nitrogens with zero attached hydrogens (tertiary/aromatic N) is 2. The van der Waals surface area contributed by atoms with E-state index in [0.29, 0.717) is 11.3 Å². The number of nitrogens with two attached hydrogens (primary N) is 1. The van der Waals surface area contributed by atoms with Gasteiger partial charge in [0, 0.05) is 12.1 Å². The van der Waals surface area contributed by atoms with Crippen LogP contribution >= 0.6 is 0 Å². The Bertz CT molecular complexity index is 967. The van der Waals surface area contributed by atoms with Gasteiger partial charge in [-0.2, -0.15) is 18.4 Å². The number of anilines is 1. The van der Waals surface area contributed by atoms with E-state index in [1.54, 1.807) is 12.1 Å². The number of carbonyl (C=O) groups is 1. The number of phenols is 1. The van der Waals surface area contributed by atoms with Crippen molar-refractivity contribution in [1.82, 2.24) is 10.3 Å². The third kappa shape index (κ3) is 5.36. The van der Waals surface area contributed by atoms with Crippen molar-refractivity contribution >= 4 is 11.8 Å². The van der Waals surface area contributed by atoms with Crippen LogP contribution in [0, 0.1) is 17.1 Å². The van der Waals surface area contributed by atoms with Crippen molar-refractivity contribution < 1.29 is 32.6 Å². The van der Waals surface area contributed by atoms with E-state index in [2.05, 4.69) is 16.4 Å². The van der Waals surface area contributed by atoms with Crippen LogP contribution in [-0.2, 0) is 4.79 Å². The number of hydrogen-bond acceptors (Lipinski definition) is 6. The summed E-state index contributed by atoms with van der Waals surface area (Å²) in [5.41, 5.74) is 7.74. The molecule has 30 heavy (non-hydrogen) atoms. The maximum absolute atomic E-state index is 13.6. The monoisotopic (exact) mass is 426 g/mol. The van der Waals surface area contributed by atoms with Gasteiger partial charge in [0.25, 0.3) is 0 Å². The second-order valence-electron chi connectivity index (χ2n) is 6.45. The standard InChI is InChI=1S/C17H17FN4O.C2HF3O2/c18-14-5-1-4-11(16(14)23)15-7-12(10-3-2-6-21-9-10)13(8-19)17(20)22-15;3-2(4,5)1(6)7/h1,4-5,7,10,21,23H,2-3,6,9H2,(H2,20,22);(H,6,7). The molecule has 0 spiro atoms. The average Bonchev–Trinajstić information content (AvgIpc) is 2.70. The van der Waals surface area contributed by atoms with Gasteiger partial charge in [-0.25, -0.2) is 14.2 Å². The van der Waals surface area contributed by atoms with Crippen LogP contribution in [0.4, 0.5) is 23.4 Å². The molecule has 0 bridgehead atoms. The molecular weight excluding hydrogens is 408 g/mol. The molecule has 160 valence electrons. The molecule has 0 saturated carbocycles. The van der Waals surface area contributed by atoms with Gasteiger partial charge in [-0.15, -0.1) is 0 Å². The summed E-state index contributed by atoms with van der Waals surface area (Å²) in [6.07, 6.45) is -3.13. The first kappa shape index (κ1) is 22.9. The molecule has 3 rings (SSSR count). The van der Waals surface area contributed by atoms with E-state index in [-0.39, 0.29) is 17.3 Å². The Hall–Kier alpha value is -3.39. The third-order valence-electron chi connectivity index (χ3n) is 4.43. The topological polar surface area (TPSA) is 132 Å².